The minimum Gasteiger partial charge on any atom is -0.495 e. The molecule has 0 radical (unpaired) electrons. The zero-order valence-corrected chi connectivity index (χ0v) is 23.0. The number of carbonyl (C=O) groups is 2. The largest absolute Gasteiger partial charge is 0.495 e. The number of nitrogens with zero attached hydrogens (tertiary/aromatic N) is 4. The molecule has 0 unspecified atom stereocenters. The first-order valence-electron chi connectivity index (χ1n) is 13.3. The maximum atomic E-state index is 12.5. The van der Waals surface area contributed by atoms with E-state index < -0.39 is 18.0 Å². The number of hydrogen-bond donors (Lipinski definition) is 4. The second kappa shape index (κ2) is 14.4. The molecule has 5 heterocycles. The van der Waals surface area contributed by atoms with Crippen LogP contribution in [0, 0.1) is 5.92 Å². The number of rotatable bonds is 10. The summed E-state index contributed by atoms with van der Waals surface area (Å²) in [5.74, 6) is -0.400. The van der Waals surface area contributed by atoms with Crippen molar-refractivity contribution >= 4 is 23.0 Å². The van der Waals surface area contributed by atoms with Crippen molar-refractivity contribution in [3.05, 3.63) is 64.9 Å². The van der Waals surface area contributed by atoms with E-state index in [0.29, 0.717) is 69.6 Å². The molecule has 1 saturated heterocycles. The predicted molar refractivity (Wildman–Crippen MR) is 150 cm³/mol. The summed E-state index contributed by atoms with van der Waals surface area (Å²) in [6, 6.07) is 7.00. The summed E-state index contributed by atoms with van der Waals surface area (Å²) in [5, 5.41) is 29.6. The molecule has 3 aromatic rings. The van der Waals surface area contributed by atoms with E-state index in [-0.39, 0.29) is 11.5 Å². The number of ether oxygens (including phenoxy) is 3. The van der Waals surface area contributed by atoms with Gasteiger partial charge in [-0.15, -0.1) is 0 Å². The minimum absolute atomic E-state index is 0.0764. The van der Waals surface area contributed by atoms with Gasteiger partial charge in [0, 0.05) is 75.5 Å². The molecule has 2 aliphatic rings. The van der Waals surface area contributed by atoms with Gasteiger partial charge >= 0.3 is 11.9 Å². The summed E-state index contributed by atoms with van der Waals surface area (Å²) < 4.78 is 18.1. The number of aromatic nitrogens is 3. The molecule has 3 aromatic heterocycles. The van der Waals surface area contributed by atoms with E-state index in [2.05, 4.69) is 20.2 Å². The van der Waals surface area contributed by atoms with Gasteiger partial charge in [-0.2, -0.15) is 0 Å². The monoisotopic (exact) mass is 583 g/mol. The molecule has 0 saturated carbocycles. The van der Waals surface area contributed by atoms with E-state index in [1.54, 1.807) is 36.2 Å². The Kier molecular flexibility index (Phi) is 10.4. The van der Waals surface area contributed by atoms with Crippen LogP contribution in [0.2, 0.25) is 0 Å². The number of hydrogen-bond acceptors (Lipinski definition) is 11. The molecule has 0 bridgehead atoms. The van der Waals surface area contributed by atoms with Gasteiger partial charge in [0.05, 0.1) is 42.3 Å². The number of nitrogens with one attached hydrogen (secondary N) is 1. The molecule has 0 spiro atoms. The number of β-amino-alcohol motifs (C(OH)–C–C–N with tert-alkyl or cyclic N) is 1. The van der Waals surface area contributed by atoms with E-state index in [1.165, 1.54) is 0 Å². The van der Waals surface area contributed by atoms with Gasteiger partial charge in [-0.3, -0.25) is 19.7 Å². The van der Waals surface area contributed by atoms with Crippen molar-refractivity contribution in [2.45, 2.75) is 19.2 Å². The average molecular weight is 584 g/mol. The number of likely N-dealkylation sites (tertiary alicyclic amines) is 1. The molecule has 42 heavy (non-hydrogen) atoms. The highest BCUT2D eigenvalue weighted by molar-refractivity contribution is 5.89. The number of methoxy groups -OCH3 is 1. The Hall–Kier alpha value is -4.53. The Morgan fingerprint density at radius 2 is 1.79 bits per heavy atom. The van der Waals surface area contributed by atoms with Gasteiger partial charge in [-0.25, -0.2) is 9.59 Å². The lowest BCUT2D eigenvalue weighted by Crippen LogP contribution is -2.31. The lowest BCUT2D eigenvalue weighted by atomic mass is 10.1. The summed E-state index contributed by atoms with van der Waals surface area (Å²) in [6.07, 6.45) is 4.03. The average Bonchev–Trinajstić information content (AvgIpc) is 3.34. The van der Waals surface area contributed by atoms with Crippen LogP contribution in [0.4, 0.5) is 0 Å². The highest BCUT2D eigenvalue weighted by Gasteiger charge is 2.30. The zero-order chi connectivity index (χ0) is 30.1. The molecule has 0 aliphatic carbocycles. The number of carboxylic acid groups (broad SMARTS) is 2. The smallest absolute Gasteiger partial charge is 0.328 e. The number of aliphatic hydroxyl groups is 1. The van der Waals surface area contributed by atoms with Crippen LogP contribution < -0.4 is 25.1 Å². The van der Waals surface area contributed by atoms with Crippen molar-refractivity contribution < 1.29 is 39.1 Å². The quantitative estimate of drug-likeness (QED) is 0.240. The van der Waals surface area contributed by atoms with Crippen molar-refractivity contribution in [2.24, 2.45) is 5.92 Å². The van der Waals surface area contributed by atoms with Crippen LogP contribution in [0.1, 0.15) is 5.69 Å². The summed E-state index contributed by atoms with van der Waals surface area (Å²) in [5.41, 5.74) is 2.29. The Bertz CT molecular complexity index is 1480. The second-order valence-electron chi connectivity index (χ2n) is 9.65. The van der Waals surface area contributed by atoms with E-state index in [1.807, 2.05) is 12.1 Å². The molecule has 0 aromatic carbocycles. The van der Waals surface area contributed by atoms with Crippen molar-refractivity contribution in [1.82, 2.24) is 24.8 Å². The highest BCUT2D eigenvalue weighted by Crippen LogP contribution is 2.29. The summed E-state index contributed by atoms with van der Waals surface area (Å²) in [7, 11) is 1.58. The third-order valence-corrected chi connectivity index (χ3v) is 6.74. The summed E-state index contributed by atoms with van der Waals surface area (Å²) in [4.78, 5) is 42.6. The number of pyridine rings is 3. The highest BCUT2D eigenvalue weighted by atomic mass is 16.6. The molecule has 14 nitrogen and oxygen atoms in total. The molecule has 224 valence electrons. The second-order valence-corrected chi connectivity index (χ2v) is 9.65. The maximum absolute atomic E-state index is 12.5. The summed E-state index contributed by atoms with van der Waals surface area (Å²) in [6.45, 7) is 4.85. The molecule has 4 N–H and O–H groups in total. The van der Waals surface area contributed by atoms with E-state index in [0.717, 1.165) is 29.0 Å². The summed E-state index contributed by atoms with van der Waals surface area (Å²) >= 11 is 0. The first-order chi connectivity index (χ1) is 20.2. The lowest BCUT2D eigenvalue weighted by Gasteiger charge is -2.19. The molecule has 5 rings (SSSR count). The molecular formula is C28H33N5O9. The van der Waals surface area contributed by atoms with E-state index in [9.17, 15) is 19.5 Å². The fraction of sp³-hybridized carbons (Fsp3) is 0.393. The maximum Gasteiger partial charge on any atom is 0.328 e. The molecule has 1 fully saturated rings. The van der Waals surface area contributed by atoms with Crippen molar-refractivity contribution in [3.8, 4) is 17.2 Å². The Balaban J connectivity index is 0.000000446. The SMILES string of the molecule is COc1cnc2ccc(=O)n(CCN3C[C@H](CNCc4cc5c(cn4)OCCO5)[C@H](O)C3)c2c1.O=C(O)/C=C/C(=O)O. The normalized spacial score (nSPS) is 18.0. The predicted octanol–water partition coefficient (Wildman–Crippen LogP) is 0.366. The van der Waals surface area contributed by atoms with E-state index in [4.69, 9.17) is 24.4 Å². The molecule has 14 heteroatoms. The van der Waals surface area contributed by atoms with E-state index >= 15 is 0 Å². The zero-order valence-electron chi connectivity index (χ0n) is 23.0. The first-order valence-corrected chi connectivity index (χ1v) is 13.3. The van der Waals surface area contributed by atoms with Crippen LogP contribution in [0.15, 0.2) is 53.6 Å². The molecule has 2 atom stereocenters. The van der Waals surface area contributed by atoms with Crippen LogP contribution in [0.5, 0.6) is 17.2 Å². The van der Waals surface area contributed by atoms with Gasteiger partial charge in [0.2, 0.25) is 0 Å². The Labute approximate surface area is 240 Å². The Morgan fingerprint density at radius 1 is 1.05 bits per heavy atom. The van der Waals surface area contributed by atoms with Gasteiger partial charge in [0.25, 0.3) is 5.56 Å². The van der Waals surface area contributed by atoms with Crippen LogP contribution in [-0.2, 0) is 22.7 Å². The number of aliphatic hydroxyl groups excluding tert-OH is 1. The number of aliphatic carboxylic acids is 2. The van der Waals surface area contributed by atoms with Gasteiger partial charge in [0.1, 0.15) is 19.0 Å². The van der Waals surface area contributed by atoms with Gasteiger partial charge in [0.15, 0.2) is 11.5 Å². The number of carboxylic acids is 2. The van der Waals surface area contributed by atoms with Gasteiger partial charge < -0.3 is 39.4 Å². The Morgan fingerprint density at radius 3 is 2.50 bits per heavy atom. The standard InChI is InChI=1S/C24H29N5O5.C4H4O4/c1-32-18-9-20-19(27-12-18)2-3-24(31)29(20)5-4-28-14-16(21(30)15-28)10-25-11-17-8-22-23(13-26-17)34-7-6-33-22;5-3(6)1-2-4(7)8/h2-3,8-9,12-13,16,21,25,30H,4-7,10-11,14-15H2,1H3;1-2H,(H,5,6)(H,7,8)/b;2-1+/t16-,21+;/m0./s1. The first kappa shape index (κ1) is 30.4. The van der Waals surface area contributed by atoms with Crippen molar-refractivity contribution in [1.29, 1.82) is 0 Å². The van der Waals surface area contributed by atoms with Crippen LogP contribution >= 0.6 is 0 Å². The molecule has 2 aliphatic heterocycles. The fourth-order valence-electron chi connectivity index (χ4n) is 4.67. The third-order valence-electron chi connectivity index (χ3n) is 6.74. The lowest BCUT2D eigenvalue weighted by molar-refractivity contribution is -0.134. The van der Waals surface area contributed by atoms with Gasteiger partial charge in [-0.05, 0) is 6.07 Å². The van der Waals surface area contributed by atoms with Crippen molar-refractivity contribution in [2.75, 3.05) is 46.5 Å². The van der Waals surface area contributed by atoms with Gasteiger partial charge in [-0.1, -0.05) is 0 Å². The number of fused-ring (bicyclic) bond motifs is 2. The minimum atomic E-state index is -1.26. The third kappa shape index (κ3) is 8.25. The molecular weight excluding hydrogens is 550 g/mol. The topological polar surface area (TPSA) is 186 Å². The fourth-order valence-corrected chi connectivity index (χ4v) is 4.67. The van der Waals surface area contributed by atoms with Crippen molar-refractivity contribution in [3.63, 3.8) is 0 Å². The molecule has 0 amide bonds. The van der Waals surface area contributed by atoms with Crippen LogP contribution in [-0.4, -0.2) is 99.3 Å². The van der Waals surface area contributed by atoms with Crippen LogP contribution in [0.25, 0.3) is 11.0 Å². The van der Waals surface area contributed by atoms with Crippen LogP contribution in [0.3, 0.4) is 0 Å².